The molecule has 0 unspecified atom stereocenters. The molecule has 0 atom stereocenters. The zero-order valence-corrected chi connectivity index (χ0v) is 7.50. The van der Waals surface area contributed by atoms with E-state index >= 15 is 0 Å². The average Bonchev–Trinajstić information content (AvgIpc) is 2.08. The van der Waals surface area contributed by atoms with Crippen molar-refractivity contribution >= 4 is 11.8 Å². The van der Waals surface area contributed by atoms with Gasteiger partial charge in [-0.15, -0.1) is 0 Å². The maximum absolute atomic E-state index is 11.1. The summed E-state index contributed by atoms with van der Waals surface area (Å²) in [4.78, 5) is 21.5. The van der Waals surface area contributed by atoms with E-state index in [1.807, 2.05) is 13.0 Å². The molecule has 0 heterocycles. The molecule has 13 heavy (non-hydrogen) atoms. The molecule has 0 spiro atoms. The highest BCUT2D eigenvalue weighted by atomic mass is 16.4. The molecular formula is C10H10O3. The third-order valence-corrected chi connectivity index (χ3v) is 1.83. The molecular weight excluding hydrogens is 168 g/mol. The molecule has 0 aliphatic rings. The Morgan fingerprint density at radius 1 is 1.23 bits per heavy atom. The standard InChI is InChI=1S/C10H10O3/c1-6-3-4-7(2)8(5-6)9(11)10(12)13/h3-5H,1-2H3,(H,12,13). The van der Waals surface area contributed by atoms with Gasteiger partial charge in [-0.2, -0.15) is 0 Å². The van der Waals surface area contributed by atoms with Crippen molar-refractivity contribution in [1.82, 2.24) is 0 Å². The van der Waals surface area contributed by atoms with Crippen LogP contribution in [-0.4, -0.2) is 16.9 Å². The maximum atomic E-state index is 11.1. The summed E-state index contributed by atoms with van der Waals surface area (Å²) in [6.07, 6.45) is 0. The van der Waals surface area contributed by atoms with Gasteiger partial charge < -0.3 is 5.11 Å². The van der Waals surface area contributed by atoms with Crippen LogP contribution < -0.4 is 0 Å². The highest BCUT2D eigenvalue weighted by molar-refractivity contribution is 6.40. The lowest BCUT2D eigenvalue weighted by molar-refractivity contribution is -0.131. The zero-order valence-electron chi connectivity index (χ0n) is 7.50. The van der Waals surface area contributed by atoms with E-state index in [0.717, 1.165) is 5.56 Å². The summed E-state index contributed by atoms with van der Waals surface area (Å²) >= 11 is 0. The molecule has 0 aliphatic heterocycles. The number of benzene rings is 1. The number of carboxylic acid groups (broad SMARTS) is 1. The second-order valence-electron chi connectivity index (χ2n) is 2.95. The van der Waals surface area contributed by atoms with Crippen molar-refractivity contribution in [3.8, 4) is 0 Å². The summed E-state index contributed by atoms with van der Waals surface area (Å²) in [5.74, 6) is -2.25. The minimum atomic E-state index is -1.41. The molecule has 0 aliphatic carbocycles. The van der Waals surface area contributed by atoms with Crippen LogP contribution in [-0.2, 0) is 4.79 Å². The van der Waals surface area contributed by atoms with Gasteiger partial charge in [0.05, 0.1) is 0 Å². The van der Waals surface area contributed by atoms with E-state index in [2.05, 4.69) is 0 Å². The molecule has 1 rings (SSSR count). The summed E-state index contributed by atoms with van der Waals surface area (Å²) in [6, 6.07) is 5.17. The van der Waals surface area contributed by atoms with Gasteiger partial charge in [-0.3, -0.25) is 4.79 Å². The molecule has 0 aromatic heterocycles. The smallest absolute Gasteiger partial charge is 0.377 e. The van der Waals surface area contributed by atoms with Crippen LogP contribution in [0.5, 0.6) is 0 Å². The minimum absolute atomic E-state index is 0.271. The molecule has 1 aromatic rings. The van der Waals surface area contributed by atoms with Crippen molar-refractivity contribution < 1.29 is 14.7 Å². The molecule has 0 amide bonds. The molecule has 0 saturated heterocycles. The van der Waals surface area contributed by atoms with Gasteiger partial charge in [0.1, 0.15) is 0 Å². The van der Waals surface area contributed by atoms with E-state index in [1.165, 1.54) is 0 Å². The van der Waals surface area contributed by atoms with Gasteiger partial charge in [0.2, 0.25) is 0 Å². The van der Waals surface area contributed by atoms with Gasteiger partial charge in [-0.1, -0.05) is 17.7 Å². The second kappa shape index (κ2) is 3.39. The lowest BCUT2D eigenvalue weighted by Gasteiger charge is -2.02. The molecule has 1 N–H and O–H groups in total. The number of aliphatic carboxylic acids is 1. The highest BCUT2D eigenvalue weighted by Gasteiger charge is 2.16. The fraction of sp³-hybridized carbons (Fsp3) is 0.200. The maximum Gasteiger partial charge on any atom is 0.377 e. The Hall–Kier alpha value is -1.64. The van der Waals surface area contributed by atoms with E-state index < -0.39 is 11.8 Å². The topological polar surface area (TPSA) is 54.4 Å². The SMILES string of the molecule is Cc1ccc(C)c(C(=O)C(=O)O)c1. The lowest BCUT2D eigenvalue weighted by atomic mass is 10.0. The van der Waals surface area contributed by atoms with Crippen molar-refractivity contribution in [2.75, 3.05) is 0 Å². The number of rotatable bonds is 2. The van der Waals surface area contributed by atoms with Crippen LogP contribution in [0.25, 0.3) is 0 Å². The Balaban J connectivity index is 3.21. The molecule has 3 nitrogen and oxygen atoms in total. The summed E-state index contributed by atoms with van der Waals surface area (Å²) in [5.41, 5.74) is 1.85. The van der Waals surface area contributed by atoms with E-state index in [-0.39, 0.29) is 5.56 Å². The third-order valence-electron chi connectivity index (χ3n) is 1.83. The van der Waals surface area contributed by atoms with Crippen LogP contribution in [0.4, 0.5) is 0 Å². The van der Waals surface area contributed by atoms with Crippen molar-refractivity contribution in [1.29, 1.82) is 0 Å². The second-order valence-corrected chi connectivity index (χ2v) is 2.95. The Bertz CT molecular complexity index is 366. The molecule has 1 aromatic carbocycles. The van der Waals surface area contributed by atoms with Gasteiger partial charge in [0, 0.05) is 5.56 Å². The van der Waals surface area contributed by atoms with Crippen LogP contribution in [0.2, 0.25) is 0 Å². The summed E-state index contributed by atoms with van der Waals surface area (Å²) < 4.78 is 0. The van der Waals surface area contributed by atoms with Gasteiger partial charge >= 0.3 is 5.97 Å². The number of carbonyl (C=O) groups is 2. The van der Waals surface area contributed by atoms with Gasteiger partial charge in [0.25, 0.3) is 5.78 Å². The number of aryl methyl sites for hydroxylation is 2. The average molecular weight is 178 g/mol. The van der Waals surface area contributed by atoms with E-state index in [1.54, 1.807) is 19.1 Å². The summed E-state index contributed by atoms with van der Waals surface area (Å²) in [5, 5.41) is 8.50. The van der Waals surface area contributed by atoms with Crippen molar-refractivity contribution in [2.45, 2.75) is 13.8 Å². The fourth-order valence-corrected chi connectivity index (χ4v) is 1.10. The van der Waals surface area contributed by atoms with Crippen LogP contribution in [0.3, 0.4) is 0 Å². The number of Topliss-reactive ketones (excluding diaryl/α,β-unsaturated/α-hetero) is 1. The van der Waals surface area contributed by atoms with Gasteiger partial charge in [-0.05, 0) is 25.5 Å². The summed E-state index contributed by atoms with van der Waals surface area (Å²) in [7, 11) is 0. The minimum Gasteiger partial charge on any atom is -0.475 e. The van der Waals surface area contributed by atoms with Gasteiger partial charge in [-0.25, -0.2) is 4.79 Å². The number of ketones is 1. The van der Waals surface area contributed by atoms with Crippen LogP contribution in [0.15, 0.2) is 18.2 Å². The largest absolute Gasteiger partial charge is 0.475 e. The number of carbonyl (C=O) groups excluding carboxylic acids is 1. The molecule has 0 bridgehead atoms. The van der Waals surface area contributed by atoms with Crippen LogP contribution in [0, 0.1) is 13.8 Å². The zero-order chi connectivity index (χ0) is 10.0. The monoisotopic (exact) mass is 178 g/mol. The first-order valence-corrected chi connectivity index (χ1v) is 3.87. The molecule has 0 saturated carbocycles. The Kier molecular flexibility index (Phi) is 2.46. The normalized spacial score (nSPS) is 9.69. The first-order chi connectivity index (χ1) is 6.02. The molecule has 68 valence electrons. The van der Waals surface area contributed by atoms with Crippen LogP contribution >= 0.6 is 0 Å². The van der Waals surface area contributed by atoms with Crippen molar-refractivity contribution in [3.05, 3.63) is 34.9 Å². The molecule has 0 radical (unpaired) electrons. The van der Waals surface area contributed by atoms with Crippen molar-refractivity contribution in [2.24, 2.45) is 0 Å². The third kappa shape index (κ3) is 1.93. The first-order valence-electron chi connectivity index (χ1n) is 3.87. The molecule has 0 fully saturated rings. The Labute approximate surface area is 76.0 Å². The summed E-state index contributed by atoms with van der Waals surface area (Å²) in [6.45, 7) is 3.54. The van der Waals surface area contributed by atoms with Gasteiger partial charge in [0.15, 0.2) is 0 Å². The first kappa shape index (κ1) is 9.45. The fourth-order valence-electron chi connectivity index (χ4n) is 1.10. The van der Waals surface area contributed by atoms with Crippen LogP contribution in [0.1, 0.15) is 21.5 Å². The Morgan fingerprint density at radius 3 is 2.38 bits per heavy atom. The van der Waals surface area contributed by atoms with Crippen molar-refractivity contribution in [3.63, 3.8) is 0 Å². The predicted octanol–water partition coefficient (Wildman–Crippen LogP) is 1.57. The highest BCUT2D eigenvalue weighted by Crippen LogP contribution is 2.11. The quantitative estimate of drug-likeness (QED) is 0.552. The lowest BCUT2D eigenvalue weighted by Crippen LogP contribution is -2.14. The van der Waals surface area contributed by atoms with E-state index in [9.17, 15) is 9.59 Å². The number of hydrogen-bond acceptors (Lipinski definition) is 2. The molecule has 3 heteroatoms. The van der Waals surface area contributed by atoms with E-state index in [0.29, 0.717) is 5.56 Å². The Morgan fingerprint density at radius 2 is 1.85 bits per heavy atom. The number of hydrogen-bond donors (Lipinski definition) is 1. The predicted molar refractivity (Wildman–Crippen MR) is 47.9 cm³/mol. The number of carboxylic acids is 1. The van der Waals surface area contributed by atoms with E-state index in [4.69, 9.17) is 5.11 Å².